The molecular formula is C20H36N10O5. The van der Waals surface area contributed by atoms with Crippen LogP contribution in [-0.2, 0) is 25.6 Å². The van der Waals surface area contributed by atoms with Gasteiger partial charge < -0.3 is 49.0 Å². The number of hydrogen-bond acceptors (Lipinski definition) is 8. The summed E-state index contributed by atoms with van der Waals surface area (Å²) in [6.45, 7) is 0.315. The minimum atomic E-state index is -1.24. The quantitative estimate of drug-likeness (QED) is 0.0586. The third-order valence-corrected chi connectivity index (χ3v) is 4.92. The van der Waals surface area contributed by atoms with Gasteiger partial charge in [0.15, 0.2) is 5.96 Å². The van der Waals surface area contributed by atoms with Crippen molar-refractivity contribution in [2.75, 3.05) is 19.6 Å². The number of aliphatic imine (C=N–C) groups is 1. The van der Waals surface area contributed by atoms with Crippen LogP contribution in [0.2, 0.25) is 0 Å². The van der Waals surface area contributed by atoms with Crippen molar-refractivity contribution < 1.29 is 24.3 Å². The van der Waals surface area contributed by atoms with Gasteiger partial charge in [-0.2, -0.15) is 0 Å². The monoisotopic (exact) mass is 496 g/mol. The van der Waals surface area contributed by atoms with Gasteiger partial charge in [0.05, 0.1) is 18.9 Å². The van der Waals surface area contributed by atoms with Crippen molar-refractivity contribution >= 4 is 29.7 Å². The summed E-state index contributed by atoms with van der Waals surface area (Å²) < 4.78 is 0. The van der Waals surface area contributed by atoms with Gasteiger partial charge in [-0.15, -0.1) is 0 Å². The number of guanidine groups is 1. The molecule has 0 bridgehead atoms. The molecule has 0 saturated heterocycles. The predicted octanol–water partition coefficient (Wildman–Crippen LogP) is -3.37. The van der Waals surface area contributed by atoms with Crippen molar-refractivity contribution in [1.29, 1.82) is 0 Å². The fourth-order valence-corrected chi connectivity index (χ4v) is 3.04. The van der Waals surface area contributed by atoms with Crippen molar-refractivity contribution in [2.45, 2.75) is 56.7 Å². The average Bonchev–Trinajstić information content (AvgIpc) is 3.32. The van der Waals surface area contributed by atoms with Crippen LogP contribution in [0.5, 0.6) is 0 Å². The van der Waals surface area contributed by atoms with Gasteiger partial charge >= 0.3 is 5.97 Å². The zero-order chi connectivity index (χ0) is 26.2. The number of nitrogens with zero attached hydrogens (tertiary/aromatic N) is 2. The highest BCUT2D eigenvalue weighted by Gasteiger charge is 2.27. The van der Waals surface area contributed by atoms with Crippen molar-refractivity contribution in [3.63, 3.8) is 0 Å². The summed E-state index contributed by atoms with van der Waals surface area (Å²) >= 11 is 0. The Morgan fingerprint density at radius 2 is 1.80 bits per heavy atom. The number of carboxylic acids is 1. The molecule has 0 saturated carbocycles. The Labute approximate surface area is 202 Å². The van der Waals surface area contributed by atoms with Gasteiger partial charge in [-0.05, 0) is 38.6 Å². The number of aromatic amines is 1. The molecule has 196 valence electrons. The Bertz CT molecular complexity index is 841. The zero-order valence-electron chi connectivity index (χ0n) is 19.5. The lowest BCUT2D eigenvalue weighted by molar-refractivity contribution is -0.142. The van der Waals surface area contributed by atoms with Crippen LogP contribution < -0.4 is 38.9 Å². The highest BCUT2D eigenvalue weighted by Crippen LogP contribution is 2.04. The first-order valence-corrected chi connectivity index (χ1v) is 11.2. The van der Waals surface area contributed by atoms with E-state index in [1.807, 2.05) is 0 Å². The molecule has 1 heterocycles. The van der Waals surface area contributed by atoms with Gasteiger partial charge in [0.25, 0.3) is 0 Å². The van der Waals surface area contributed by atoms with Crippen LogP contribution in [0, 0.1) is 0 Å². The summed E-state index contributed by atoms with van der Waals surface area (Å²) in [4.78, 5) is 59.3. The first-order valence-electron chi connectivity index (χ1n) is 11.2. The molecule has 1 rings (SSSR count). The maximum absolute atomic E-state index is 12.8. The molecule has 0 aromatic carbocycles. The molecule has 1 aromatic rings. The second-order valence-electron chi connectivity index (χ2n) is 7.86. The molecule has 0 fully saturated rings. The molecule has 3 amide bonds. The van der Waals surface area contributed by atoms with Crippen LogP contribution in [-0.4, -0.2) is 82.5 Å². The number of hydrogen-bond donors (Lipinski definition) is 9. The second-order valence-corrected chi connectivity index (χ2v) is 7.86. The molecule has 3 unspecified atom stereocenters. The Morgan fingerprint density at radius 3 is 2.40 bits per heavy atom. The predicted molar refractivity (Wildman–Crippen MR) is 128 cm³/mol. The summed E-state index contributed by atoms with van der Waals surface area (Å²) in [6, 6.07) is -3.10. The number of aromatic nitrogens is 2. The van der Waals surface area contributed by atoms with E-state index < -0.39 is 48.4 Å². The molecule has 3 atom stereocenters. The number of nitrogens with one attached hydrogen (secondary N) is 4. The number of carbonyl (C=O) groups excluding carboxylic acids is 3. The number of aliphatic carboxylic acids is 1. The maximum Gasteiger partial charge on any atom is 0.326 e. The van der Waals surface area contributed by atoms with Crippen LogP contribution in [0.1, 0.15) is 37.8 Å². The molecule has 0 spiro atoms. The average molecular weight is 497 g/mol. The lowest BCUT2D eigenvalue weighted by Crippen LogP contribution is -2.54. The summed E-state index contributed by atoms with van der Waals surface area (Å²) in [5.74, 6) is -3.12. The normalized spacial score (nSPS) is 13.2. The second kappa shape index (κ2) is 16.0. The molecule has 35 heavy (non-hydrogen) atoms. The first-order chi connectivity index (χ1) is 16.6. The van der Waals surface area contributed by atoms with E-state index in [-0.39, 0.29) is 18.8 Å². The Morgan fingerprint density at radius 1 is 1.06 bits per heavy atom. The summed E-state index contributed by atoms with van der Waals surface area (Å²) in [5, 5.41) is 16.9. The maximum atomic E-state index is 12.8. The standard InChI is InChI=1S/C20H36N10O5/c21-6-2-1-5-14(18(33)30-15(19(34)35)8-12-9-25-11-28-12)29-16(31)10-27-17(32)13(22)4-3-7-26-20(23)24/h9,11,13-15H,1-8,10,21-22H2,(H,25,28)(H,27,32)(H,29,31)(H,30,33)(H,34,35)(H4,23,24,26). The van der Waals surface area contributed by atoms with Crippen LogP contribution in [0.4, 0.5) is 0 Å². The van der Waals surface area contributed by atoms with E-state index in [4.69, 9.17) is 22.9 Å². The fraction of sp³-hybridized carbons (Fsp3) is 0.600. The first kappa shape index (κ1) is 29.3. The largest absolute Gasteiger partial charge is 0.480 e. The molecule has 0 aliphatic rings. The van der Waals surface area contributed by atoms with Gasteiger partial charge in [-0.3, -0.25) is 19.4 Å². The SMILES string of the molecule is NCCCCC(NC(=O)CNC(=O)C(N)CCCN=C(N)N)C(=O)NC(Cc1cnc[nH]1)C(=O)O. The molecule has 1 aromatic heterocycles. The van der Waals surface area contributed by atoms with E-state index in [1.54, 1.807) is 0 Å². The third-order valence-electron chi connectivity index (χ3n) is 4.92. The van der Waals surface area contributed by atoms with E-state index >= 15 is 0 Å². The highest BCUT2D eigenvalue weighted by atomic mass is 16.4. The van der Waals surface area contributed by atoms with Gasteiger partial charge in [-0.1, -0.05) is 0 Å². The number of nitrogens with two attached hydrogens (primary N) is 4. The topological polar surface area (TPSA) is 270 Å². The van der Waals surface area contributed by atoms with E-state index in [0.717, 1.165) is 0 Å². The summed E-state index contributed by atoms with van der Waals surface area (Å²) in [7, 11) is 0. The van der Waals surface area contributed by atoms with Crippen LogP contribution in [0.3, 0.4) is 0 Å². The summed E-state index contributed by atoms with van der Waals surface area (Å²) in [6.07, 6.45) is 5.01. The Hall–Kier alpha value is -3.72. The number of carbonyl (C=O) groups is 4. The Balaban J connectivity index is 2.62. The van der Waals surface area contributed by atoms with Gasteiger partial charge in [0.2, 0.25) is 17.7 Å². The zero-order valence-corrected chi connectivity index (χ0v) is 19.5. The lowest BCUT2D eigenvalue weighted by Gasteiger charge is -2.21. The van der Waals surface area contributed by atoms with Crippen LogP contribution in [0.15, 0.2) is 17.5 Å². The number of unbranched alkanes of at least 4 members (excludes halogenated alkanes) is 1. The number of H-pyrrole nitrogens is 1. The van der Waals surface area contributed by atoms with Crippen molar-refractivity contribution in [3.8, 4) is 0 Å². The van der Waals surface area contributed by atoms with Crippen molar-refractivity contribution in [1.82, 2.24) is 25.9 Å². The molecule has 0 radical (unpaired) electrons. The molecule has 0 aliphatic heterocycles. The van der Waals surface area contributed by atoms with E-state index in [0.29, 0.717) is 44.5 Å². The van der Waals surface area contributed by atoms with Gasteiger partial charge in [0, 0.05) is 24.9 Å². The van der Waals surface area contributed by atoms with Gasteiger partial charge in [-0.25, -0.2) is 9.78 Å². The molecule has 0 aliphatic carbocycles. The fourth-order valence-electron chi connectivity index (χ4n) is 3.04. The Kier molecular flexibility index (Phi) is 13.4. The minimum absolute atomic E-state index is 0.0122. The molecule has 15 heteroatoms. The van der Waals surface area contributed by atoms with E-state index in [1.165, 1.54) is 12.5 Å². The summed E-state index contributed by atoms with van der Waals surface area (Å²) in [5.41, 5.74) is 22.3. The number of imidazole rings is 1. The lowest BCUT2D eigenvalue weighted by atomic mass is 10.1. The minimum Gasteiger partial charge on any atom is -0.480 e. The smallest absolute Gasteiger partial charge is 0.326 e. The van der Waals surface area contributed by atoms with Crippen LogP contribution >= 0.6 is 0 Å². The number of rotatable bonds is 17. The highest BCUT2D eigenvalue weighted by molar-refractivity contribution is 5.92. The van der Waals surface area contributed by atoms with Crippen molar-refractivity contribution in [3.05, 3.63) is 18.2 Å². The third kappa shape index (κ3) is 12.4. The van der Waals surface area contributed by atoms with E-state index in [2.05, 4.69) is 30.9 Å². The molecule has 15 nitrogen and oxygen atoms in total. The number of amides is 3. The molecular weight excluding hydrogens is 460 g/mol. The van der Waals surface area contributed by atoms with Crippen molar-refractivity contribution in [2.24, 2.45) is 27.9 Å². The van der Waals surface area contributed by atoms with Crippen LogP contribution in [0.25, 0.3) is 0 Å². The number of carboxylic acid groups (broad SMARTS) is 1. The molecule has 13 N–H and O–H groups in total. The van der Waals surface area contributed by atoms with E-state index in [9.17, 15) is 24.3 Å². The van der Waals surface area contributed by atoms with Gasteiger partial charge in [0.1, 0.15) is 12.1 Å².